The molecule has 0 spiro atoms. The third kappa shape index (κ3) is 6.41. The largest absolute Gasteiger partial charge is 0.389 e. The molecule has 6 nitrogen and oxygen atoms in total. The molecule has 2 aliphatic heterocycles. The van der Waals surface area contributed by atoms with E-state index in [2.05, 4.69) is 17.1 Å². The third-order valence-electron chi connectivity index (χ3n) is 6.29. The zero-order valence-electron chi connectivity index (χ0n) is 16.9. The first kappa shape index (κ1) is 21.0. The van der Waals surface area contributed by atoms with Crippen molar-refractivity contribution < 1.29 is 19.4 Å². The molecule has 1 saturated carbocycles. The molecule has 0 aromatic heterocycles. The maximum atomic E-state index is 12.1. The minimum absolute atomic E-state index is 0.00110. The topological polar surface area (TPSA) is 71.0 Å². The zero-order chi connectivity index (χ0) is 19.1. The fraction of sp³-hybridized carbons (Fsp3) is 0.952. The van der Waals surface area contributed by atoms with Crippen LogP contribution in [0.2, 0.25) is 0 Å². The number of nitrogens with one attached hydrogen (secondary N) is 1. The predicted molar refractivity (Wildman–Crippen MR) is 105 cm³/mol. The first-order chi connectivity index (χ1) is 13.2. The van der Waals surface area contributed by atoms with Gasteiger partial charge in [0.25, 0.3) is 0 Å². The lowest BCUT2D eigenvalue weighted by Crippen LogP contribution is -2.56. The number of aliphatic hydroxyl groups is 1. The summed E-state index contributed by atoms with van der Waals surface area (Å²) in [6, 6.07) is 0.289. The molecular formula is C21H38N2O4. The Labute approximate surface area is 164 Å². The van der Waals surface area contributed by atoms with E-state index in [4.69, 9.17) is 9.47 Å². The van der Waals surface area contributed by atoms with E-state index in [1.54, 1.807) is 0 Å². The van der Waals surface area contributed by atoms with E-state index < -0.39 is 6.10 Å². The van der Waals surface area contributed by atoms with Crippen LogP contribution in [0.5, 0.6) is 0 Å². The molecule has 3 rings (SSSR count). The lowest BCUT2D eigenvalue weighted by Gasteiger charge is -2.45. The van der Waals surface area contributed by atoms with Gasteiger partial charge in [0.05, 0.1) is 37.9 Å². The van der Waals surface area contributed by atoms with Crippen LogP contribution in [-0.4, -0.2) is 73.1 Å². The van der Waals surface area contributed by atoms with Gasteiger partial charge in [-0.1, -0.05) is 26.2 Å². The molecule has 2 heterocycles. The van der Waals surface area contributed by atoms with Crippen molar-refractivity contribution in [2.24, 2.45) is 5.92 Å². The summed E-state index contributed by atoms with van der Waals surface area (Å²) in [4.78, 5) is 14.5. The molecule has 0 bridgehead atoms. The van der Waals surface area contributed by atoms with Crippen LogP contribution in [-0.2, 0) is 14.3 Å². The molecule has 2 N–H and O–H groups in total. The molecule has 0 unspecified atom stereocenters. The van der Waals surface area contributed by atoms with Crippen molar-refractivity contribution in [3.63, 3.8) is 0 Å². The number of nitrogens with zero attached hydrogens (tertiary/aromatic N) is 1. The highest BCUT2D eigenvalue weighted by molar-refractivity contribution is 5.76. The van der Waals surface area contributed by atoms with Crippen LogP contribution in [0.15, 0.2) is 0 Å². The highest BCUT2D eigenvalue weighted by atomic mass is 16.5. The fourth-order valence-electron chi connectivity index (χ4n) is 4.90. The molecule has 0 aromatic carbocycles. The van der Waals surface area contributed by atoms with Gasteiger partial charge in [0.15, 0.2) is 0 Å². The quantitative estimate of drug-likeness (QED) is 0.736. The molecule has 3 aliphatic rings. The third-order valence-corrected chi connectivity index (χ3v) is 6.29. The number of fused-ring (bicyclic) bond motifs is 1. The Kier molecular flexibility index (Phi) is 8.37. The number of carbonyl (C=O) groups excluding carboxylic acids is 1. The van der Waals surface area contributed by atoms with Crippen LogP contribution in [0.1, 0.15) is 64.7 Å². The summed E-state index contributed by atoms with van der Waals surface area (Å²) in [5.74, 6) is 0.825. The fourth-order valence-corrected chi connectivity index (χ4v) is 4.90. The molecule has 6 heteroatoms. The van der Waals surface area contributed by atoms with Crippen LogP contribution in [0.4, 0.5) is 0 Å². The van der Waals surface area contributed by atoms with Crippen molar-refractivity contribution in [1.82, 2.24) is 10.2 Å². The Morgan fingerprint density at radius 2 is 1.96 bits per heavy atom. The molecular weight excluding hydrogens is 344 g/mol. The van der Waals surface area contributed by atoms with Gasteiger partial charge in [0, 0.05) is 25.7 Å². The number of amides is 1. The Morgan fingerprint density at radius 3 is 2.74 bits per heavy atom. The molecule has 3 fully saturated rings. The zero-order valence-corrected chi connectivity index (χ0v) is 16.9. The van der Waals surface area contributed by atoms with Crippen molar-refractivity contribution in [2.75, 3.05) is 32.8 Å². The highest BCUT2D eigenvalue weighted by Gasteiger charge is 2.38. The van der Waals surface area contributed by atoms with Gasteiger partial charge in [-0.25, -0.2) is 0 Å². The molecule has 0 radical (unpaired) electrons. The van der Waals surface area contributed by atoms with Crippen LogP contribution < -0.4 is 5.32 Å². The Hall–Kier alpha value is -0.690. The van der Waals surface area contributed by atoms with Gasteiger partial charge in [-0.3, -0.25) is 9.69 Å². The van der Waals surface area contributed by atoms with Gasteiger partial charge < -0.3 is 19.9 Å². The summed E-state index contributed by atoms with van der Waals surface area (Å²) in [7, 11) is 0. The summed E-state index contributed by atoms with van der Waals surface area (Å²) in [5, 5.41) is 13.2. The molecule has 1 aliphatic carbocycles. The number of hydrogen-bond acceptors (Lipinski definition) is 5. The van der Waals surface area contributed by atoms with Gasteiger partial charge in [-0.15, -0.1) is 0 Å². The molecule has 4 atom stereocenters. The first-order valence-electron chi connectivity index (χ1n) is 11.1. The van der Waals surface area contributed by atoms with Gasteiger partial charge in [-0.2, -0.15) is 0 Å². The Bertz CT molecular complexity index is 455. The lowest BCUT2D eigenvalue weighted by atomic mass is 9.87. The Morgan fingerprint density at radius 1 is 1.15 bits per heavy atom. The number of carbonyl (C=O) groups is 1. The van der Waals surface area contributed by atoms with Crippen molar-refractivity contribution in [3.8, 4) is 0 Å². The predicted octanol–water partition coefficient (Wildman–Crippen LogP) is 2.09. The van der Waals surface area contributed by atoms with Gasteiger partial charge in [0.2, 0.25) is 5.91 Å². The van der Waals surface area contributed by atoms with Crippen molar-refractivity contribution in [2.45, 2.75) is 89.1 Å². The highest BCUT2D eigenvalue weighted by Crippen LogP contribution is 2.31. The maximum Gasteiger partial charge on any atom is 0.222 e. The van der Waals surface area contributed by atoms with Crippen LogP contribution in [0.3, 0.4) is 0 Å². The van der Waals surface area contributed by atoms with E-state index in [0.29, 0.717) is 26.2 Å². The SMILES string of the molecule is CCCNC(=O)C[C@H]1CC[C@H]2[C@@H](COC[C@H](O)CN2CC2CCCCC2)O1. The normalized spacial score (nSPS) is 33.7. The number of ether oxygens (including phenoxy) is 2. The van der Waals surface area contributed by atoms with Crippen molar-refractivity contribution in [3.05, 3.63) is 0 Å². The van der Waals surface area contributed by atoms with E-state index >= 15 is 0 Å². The second-order valence-electron chi connectivity index (χ2n) is 8.64. The van der Waals surface area contributed by atoms with Gasteiger partial charge in [0.1, 0.15) is 0 Å². The van der Waals surface area contributed by atoms with E-state index in [1.165, 1.54) is 32.1 Å². The number of β-amino-alcohol motifs (C(OH)–C–C–N with tert-alkyl or cyclic N) is 1. The maximum absolute atomic E-state index is 12.1. The van der Waals surface area contributed by atoms with E-state index in [0.717, 1.165) is 38.3 Å². The lowest BCUT2D eigenvalue weighted by molar-refractivity contribution is -0.158. The number of aliphatic hydroxyl groups excluding tert-OH is 1. The summed E-state index contributed by atoms with van der Waals surface area (Å²) >= 11 is 0. The first-order valence-corrected chi connectivity index (χ1v) is 11.1. The van der Waals surface area contributed by atoms with Crippen molar-refractivity contribution in [1.29, 1.82) is 0 Å². The number of rotatable bonds is 6. The second kappa shape index (κ2) is 10.7. The average molecular weight is 383 g/mol. The summed E-state index contributed by atoms with van der Waals surface area (Å²) < 4.78 is 12.0. The van der Waals surface area contributed by atoms with E-state index in [1.807, 2.05) is 0 Å². The van der Waals surface area contributed by atoms with Crippen LogP contribution in [0, 0.1) is 5.92 Å². The standard InChI is InChI=1S/C21H38N2O4/c1-2-10-22-21(25)11-18-8-9-19-20(27-18)15-26-14-17(24)13-23(19)12-16-6-4-3-5-7-16/h16-20,24H,2-15H2,1H3,(H,22,25)/t17-,18-,19+,20-/m1/s1. The van der Waals surface area contributed by atoms with Gasteiger partial charge in [-0.05, 0) is 38.0 Å². The molecule has 2 saturated heterocycles. The monoisotopic (exact) mass is 382 g/mol. The van der Waals surface area contributed by atoms with E-state index in [-0.39, 0.29) is 24.2 Å². The second-order valence-corrected chi connectivity index (χ2v) is 8.64. The van der Waals surface area contributed by atoms with Crippen LogP contribution in [0.25, 0.3) is 0 Å². The summed E-state index contributed by atoms with van der Waals surface area (Å²) in [6.45, 7) is 5.40. The molecule has 1 amide bonds. The Balaban J connectivity index is 1.58. The molecule has 27 heavy (non-hydrogen) atoms. The summed E-state index contributed by atoms with van der Waals surface area (Å²) in [6.07, 6.45) is 9.51. The average Bonchev–Trinajstić information content (AvgIpc) is 2.66. The minimum atomic E-state index is -0.424. The minimum Gasteiger partial charge on any atom is -0.389 e. The number of hydrogen-bond donors (Lipinski definition) is 2. The molecule has 0 aromatic rings. The summed E-state index contributed by atoms with van der Waals surface area (Å²) in [5.41, 5.74) is 0. The van der Waals surface area contributed by atoms with Crippen LogP contribution >= 0.6 is 0 Å². The smallest absolute Gasteiger partial charge is 0.222 e. The van der Waals surface area contributed by atoms with Gasteiger partial charge >= 0.3 is 0 Å². The van der Waals surface area contributed by atoms with E-state index in [9.17, 15) is 9.90 Å². The van der Waals surface area contributed by atoms with Crippen molar-refractivity contribution >= 4 is 5.91 Å². The molecule has 156 valence electrons.